The smallest absolute Gasteiger partial charge is 0.264 e. The number of rotatable bonds is 6. The summed E-state index contributed by atoms with van der Waals surface area (Å²) >= 11 is 0. The lowest BCUT2D eigenvalue weighted by Gasteiger charge is -2.11. The van der Waals surface area contributed by atoms with E-state index < -0.39 is 26.6 Å². The van der Waals surface area contributed by atoms with Crippen LogP contribution < -0.4 is 14.8 Å². The van der Waals surface area contributed by atoms with E-state index in [0.717, 1.165) is 12.1 Å². The predicted molar refractivity (Wildman–Crippen MR) is 113 cm³/mol. The van der Waals surface area contributed by atoms with E-state index in [1.807, 2.05) is 0 Å². The zero-order valence-corrected chi connectivity index (χ0v) is 16.7. The Balaban J connectivity index is 1.86. The minimum Gasteiger partial charge on any atom is -0.497 e. The van der Waals surface area contributed by atoms with Crippen LogP contribution in [0.5, 0.6) is 5.75 Å². The number of anilines is 2. The summed E-state index contributed by atoms with van der Waals surface area (Å²) in [5, 5.41) is 2.61. The van der Waals surface area contributed by atoms with Crippen molar-refractivity contribution in [3.63, 3.8) is 0 Å². The normalized spacial score (nSPS) is 10.7. The topological polar surface area (TPSA) is 84.5 Å². The van der Waals surface area contributed by atoms with E-state index in [0.29, 0.717) is 17.0 Å². The van der Waals surface area contributed by atoms with Gasteiger partial charge in [-0.05, 0) is 60.7 Å². The summed E-state index contributed by atoms with van der Waals surface area (Å²) in [6.45, 7) is 0. The first kappa shape index (κ1) is 20.9. The van der Waals surface area contributed by atoms with Crippen molar-refractivity contribution in [3.05, 3.63) is 83.7 Å². The van der Waals surface area contributed by atoms with Gasteiger partial charge in [0.1, 0.15) is 16.5 Å². The zero-order valence-electron chi connectivity index (χ0n) is 15.8. The van der Waals surface area contributed by atoms with Crippen molar-refractivity contribution in [2.75, 3.05) is 17.1 Å². The number of benzene rings is 3. The Labute approximate surface area is 173 Å². The summed E-state index contributed by atoms with van der Waals surface area (Å²) in [5.74, 6) is 1.40. The van der Waals surface area contributed by atoms with Gasteiger partial charge in [0.25, 0.3) is 15.9 Å². The van der Waals surface area contributed by atoms with Gasteiger partial charge in [0, 0.05) is 22.5 Å². The Morgan fingerprint density at radius 3 is 2.43 bits per heavy atom. The fourth-order valence-corrected chi connectivity index (χ4v) is 3.77. The highest BCUT2D eigenvalue weighted by atomic mass is 32.2. The lowest BCUT2D eigenvalue weighted by molar-refractivity contribution is 0.102. The molecule has 0 aromatic heterocycles. The lowest BCUT2D eigenvalue weighted by Crippen LogP contribution is -2.17. The van der Waals surface area contributed by atoms with E-state index >= 15 is 0 Å². The second kappa shape index (κ2) is 8.68. The first-order valence-electron chi connectivity index (χ1n) is 8.67. The first-order valence-corrected chi connectivity index (χ1v) is 10.1. The lowest BCUT2D eigenvalue weighted by atomic mass is 10.2. The summed E-state index contributed by atoms with van der Waals surface area (Å²) in [6, 6.07) is 15.7. The number of methoxy groups -OCH3 is 1. The third kappa shape index (κ3) is 4.77. The van der Waals surface area contributed by atoms with Crippen molar-refractivity contribution >= 4 is 27.3 Å². The van der Waals surface area contributed by atoms with Gasteiger partial charge in [-0.1, -0.05) is 12.0 Å². The number of carbonyl (C=O) groups is 1. The molecule has 0 fully saturated rings. The number of ether oxygens (including phenoxy) is 1. The number of terminal acetylenes is 1. The quantitative estimate of drug-likeness (QED) is 0.589. The zero-order chi connectivity index (χ0) is 21.7. The van der Waals surface area contributed by atoms with Crippen molar-refractivity contribution < 1.29 is 22.3 Å². The molecule has 3 rings (SSSR count). The van der Waals surface area contributed by atoms with Crippen LogP contribution in [-0.4, -0.2) is 21.4 Å². The monoisotopic (exact) mass is 424 g/mol. The maximum atomic E-state index is 14.3. The molecule has 1 amide bonds. The predicted octanol–water partition coefficient (Wildman–Crippen LogP) is 3.87. The number of nitrogens with one attached hydrogen (secondary N) is 2. The molecule has 30 heavy (non-hydrogen) atoms. The van der Waals surface area contributed by atoms with Gasteiger partial charge in [0.15, 0.2) is 0 Å². The van der Waals surface area contributed by atoms with Crippen molar-refractivity contribution in [1.82, 2.24) is 0 Å². The number of sulfonamides is 1. The number of carbonyl (C=O) groups excluding carboxylic acids is 1. The molecule has 0 aliphatic heterocycles. The number of amides is 1. The van der Waals surface area contributed by atoms with Crippen LogP contribution in [0.25, 0.3) is 0 Å². The molecule has 152 valence electrons. The molecule has 0 atom stereocenters. The van der Waals surface area contributed by atoms with Crippen LogP contribution in [0.3, 0.4) is 0 Å². The van der Waals surface area contributed by atoms with E-state index in [9.17, 15) is 17.6 Å². The second-order valence-corrected chi connectivity index (χ2v) is 7.81. The summed E-state index contributed by atoms with van der Waals surface area (Å²) < 4.78 is 46.9. The summed E-state index contributed by atoms with van der Waals surface area (Å²) in [5.41, 5.74) is 1.19. The van der Waals surface area contributed by atoms with Crippen molar-refractivity contribution in [3.8, 4) is 18.1 Å². The van der Waals surface area contributed by atoms with Crippen LogP contribution in [0.15, 0.2) is 71.6 Å². The molecule has 6 nitrogen and oxygen atoms in total. The van der Waals surface area contributed by atoms with E-state index in [1.54, 1.807) is 36.4 Å². The largest absolute Gasteiger partial charge is 0.497 e. The summed E-state index contributed by atoms with van der Waals surface area (Å²) in [4.78, 5) is 11.9. The van der Waals surface area contributed by atoms with E-state index in [-0.39, 0.29) is 11.3 Å². The molecule has 0 aliphatic rings. The average Bonchev–Trinajstić information content (AvgIpc) is 2.74. The van der Waals surface area contributed by atoms with Gasteiger partial charge in [-0.15, -0.1) is 6.42 Å². The SMILES string of the molecule is C#Cc1cccc(NC(=O)c2ccc(F)c(S(=O)(=O)Nc3ccc(OC)cc3)c2)c1. The molecule has 8 heteroatoms. The van der Waals surface area contributed by atoms with Crippen molar-refractivity contribution in [2.45, 2.75) is 4.90 Å². The van der Waals surface area contributed by atoms with E-state index in [1.165, 1.54) is 25.3 Å². The first-order chi connectivity index (χ1) is 14.3. The Hall–Kier alpha value is -3.83. The molecule has 3 aromatic carbocycles. The van der Waals surface area contributed by atoms with Gasteiger partial charge < -0.3 is 10.1 Å². The summed E-state index contributed by atoms with van der Waals surface area (Å²) in [6.07, 6.45) is 5.34. The Kier molecular flexibility index (Phi) is 6.04. The minimum absolute atomic E-state index is 0.0300. The highest BCUT2D eigenvalue weighted by molar-refractivity contribution is 7.92. The molecule has 2 N–H and O–H groups in total. The Bertz CT molecular complexity index is 1230. The fourth-order valence-electron chi connectivity index (χ4n) is 2.61. The molecule has 3 aromatic rings. The Morgan fingerprint density at radius 1 is 1.03 bits per heavy atom. The highest BCUT2D eigenvalue weighted by Crippen LogP contribution is 2.23. The third-order valence-corrected chi connectivity index (χ3v) is 5.51. The highest BCUT2D eigenvalue weighted by Gasteiger charge is 2.21. The van der Waals surface area contributed by atoms with Crippen LogP contribution in [0, 0.1) is 18.2 Å². The second-order valence-electron chi connectivity index (χ2n) is 6.16. The summed E-state index contributed by atoms with van der Waals surface area (Å²) in [7, 11) is -2.80. The van der Waals surface area contributed by atoms with E-state index in [4.69, 9.17) is 11.2 Å². The van der Waals surface area contributed by atoms with Crippen LogP contribution in [-0.2, 0) is 10.0 Å². The maximum Gasteiger partial charge on any atom is 0.264 e. The van der Waals surface area contributed by atoms with Crippen LogP contribution in [0.2, 0.25) is 0 Å². The van der Waals surface area contributed by atoms with Gasteiger partial charge in [-0.3, -0.25) is 9.52 Å². The molecule has 0 bridgehead atoms. The van der Waals surface area contributed by atoms with Crippen molar-refractivity contribution in [2.24, 2.45) is 0 Å². The van der Waals surface area contributed by atoms with Crippen molar-refractivity contribution in [1.29, 1.82) is 0 Å². The maximum absolute atomic E-state index is 14.3. The van der Waals surface area contributed by atoms with Crippen LogP contribution in [0.4, 0.5) is 15.8 Å². The molecule has 0 spiro atoms. The molecular weight excluding hydrogens is 407 g/mol. The van der Waals surface area contributed by atoms with Gasteiger partial charge >= 0.3 is 0 Å². The van der Waals surface area contributed by atoms with E-state index in [2.05, 4.69) is 16.0 Å². The van der Waals surface area contributed by atoms with Crippen LogP contribution >= 0.6 is 0 Å². The third-order valence-electron chi connectivity index (χ3n) is 4.11. The molecule has 0 heterocycles. The molecule has 0 aliphatic carbocycles. The number of hydrogen-bond donors (Lipinski definition) is 2. The Morgan fingerprint density at radius 2 is 1.77 bits per heavy atom. The fraction of sp³-hybridized carbons (Fsp3) is 0.0455. The molecular formula is C22H17FN2O4S. The standard InChI is InChI=1S/C22H17FN2O4S/c1-3-15-5-4-6-18(13-15)24-22(26)16-7-12-20(23)21(14-16)30(27,28)25-17-8-10-19(29-2)11-9-17/h1,4-14,25H,2H3,(H,24,26). The van der Waals surface area contributed by atoms with Gasteiger partial charge in [-0.2, -0.15) is 0 Å². The molecule has 0 radical (unpaired) electrons. The molecule has 0 saturated heterocycles. The average molecular weight is 424 g/mol. The van der Waals surface area contributed by atoms with Gasteiger partial charge in [-0.25, -0.2) is 12.8 Å². The molecule has 0 saturated carbocycles. The van der Waals surface area contributed by atoms with Gasteiger partial charge in [0.05, 0.1) is 7.11 Å². The van der Waals surface area contributed by atoms with Gasteiger partial charge in [0.2, 0.25) is 0 Å². The molecule has 0 unspecified atom stereocenters. The number of halogens is 1. The number of hydrogen-bond acceptors (Lipinski definition) is 4. The minimum atomic E-state index is -4.28. The van der Waals surface area contributed by atoms with Crippen LogP contribution in [0.1, 0.15) is 15.9 Å².